The van der Waals surface area contributed by atoms with Crippen LogP contribution in [0, 0.1) is 10.1 Å². The van der Waals surface area contributed by atoms with Gasteiger partial charge < -0.3 is 14.7 Å². The van der Waals surface area contributed by atoms with Crippen molar-refractivity contribution in [2.75, 3.05) is 20.2 Å². The van der Waals surface area contributed by atoms with Crippen LogP contribution in [0.25, 0.3) is 0 Å². The zero-order chi connectivity index (χ0) is 12.8. The van der Waals surface area contributed by atoms with Crippen LogP contribution in [0.5, 0.6) is 5.75 Å². The van der Waals surface area contributed by atoms with Crippen molar-refractivity contribution in [3.63, 3.8) is 0 Å². The molecule has 0 aliphatic rings. The Balaban J connectivity index is 2.63. The van der Waals surface area contributed by atoms with Crippen LogP contribution in [-0.2, 0) is 0 Å². The number of non-ortho nitro benzene ring substituents is 1. The van der Waals surface area contributed by atoms with Gasteiger partial charge in [0.25, 0.3) is 5.69 Å². The van der Waals surface area contributed by atoms with Crippen molar-refractivity contribution in [3.8, 4) is 5.75 Å². The summed E-state index contributed by atoms with van der Waals surface area (Å²) in [6.07, 6.45) is -0.632. The Morgan fingerprint density at radius 2 is 2.06 bits per heavy atom. The maximum Gasteiger partial charge on any atom is 0.415 e. The van der Waals surface area contributed by atoms with Crippen molar-refractivity contribution in [1.29, 1.82) is 0 Å². The molecule has 17 heavy (non-hydrogen) atoms. The summed E-state index contributed by atoms with van der Waals surface area (Å²) in [5, 5.41) is 19.0. The normalized spacial score (nSPS) is 9.76. The van der Waals surface area contributed by atoms with Crippen molar-refractivity contribution in [2.24, 2.45) is 0 Å². The summed E-state index contributed by atoms with van der Waals surface area (Å²) in [4.78, 5) is 22.4. The number of hydrogen-bond donors (Lipinski definition) is 1. The second-order valence-corrected chi connectivity index (χ2v) is 3.26. The van der Waals surface area contributed by atoms with Gasteiger partial charge in [0.15, 0.2) is 0 Å². The van der Waals surface area contributed by atoms with Crippen molar-refractivity contribution >= 4 is 11.8 Å². The van der Waals surface area contributed by atoms with E-state index < -0.39 is 11.0 Å². The average Bonchev–Trinajstić information content (AvgIpc) is 2.30. The Morgan fingerprint density at radius 3 is 2.53 bits per heavy atom. The predicted molar refractivity (Wildman–Crippen MR) is 58.8 cm³/mol. The van der Waals surface area contributed by atoms with Crippen molar-refractivity contribution in [1.82, 2.24) is 4.90 Å². The van der Waals surface area contributed by atoms with E-state index in [-0.39, 0.29) is 24.6 Å². The number of nitrogens with zero attached hydrogens (tertiary/aromatic N) is 2. The fourth-order valence-corrected chi connectivity index (χ4v) is 1.06. The van der Waals surface area contributed by atoms with Crippen LogP contribution < -0.4 is 4.74 Å². The van der Waals surface area contributed by atoms with Gasteiger partial charge >= 0.3 is 6.09 Å². The summed E-state index contributed by atoms with van der Waals surface area (Å²) in [7, 11) is 1.48. The number of amides is 1. The molecule has 0 atom stereocenters. The van der Waals surface area contributed by atoms with Crippen molar-refractivity contribution < 1.29 is 19.6 Å². The zero-order valence-corrected chi connectivity index (χ0v) is 9.20. The monoisotopic (exact) mass is 240 g/mol. The predicted octanol–water partition coefficient (Wildman–Crippen LogP) is 1.02. The first kappa shape index (κ1) is 12.9. The Bertz CT molecular complexity index is 404. The summed E-state index contributed by atoms with van der Waals surface area (Å²) in [5.74, 6) is 0.213. The molecule has 0 spiro atoms. The topological polar surface area (TPSA) is 92.9 Å². The lowest BCUT2D eigenvalue weighted by molar-refractivity contribution is -0.384. The molecule has 0 heterocycles. The molecular weight excluding hydrogens is 228 g/mol. The fourth-order valence-electron chi connectivity index (χ4n) is 1.06. The van der Waals surface area contributed by atoms with Crippen LogP contribution in [0.3, 0.4) is 0 Å². The van der Waals surface area contributed by atoms with Gasteiger partial charge in [-0.1, -0.05) is 0 Å². The number of rotatable bonds is 4. The molecule has 1 N–H and O–H groups in total. The molecule has 0 aliphatic heterocycles. The Morgan fingerprint density at radius 1 is 1.47 bits per heavy atom. The second-order valence-electron chi connectivity index (χ2n) is 3.26. The molecule has 0 aromatic heterocycles. The molecule has 1 aromatic rings. The minimum absolute atomic E-state index is 0.0755. The van der Waals surface area contributed by atoms with Gasteiger partial charge in [-0.05, 0) is 12.1 Å². The number of likely N-dealkylation sites (N-methyl/N-ethyl adjacent to an activating group) is 1. The Kier molecular flexibility index (Phi) is 4.41. The van der Waals surface area contributed by atoms with E-state index >= 15 is 0 Å². The van der Waals surface area contributed by atoms with E-state index in [4.69, 9.17) is 9.84 Å². The molecular formula is C10H12N2O5. The van der Waals surface area contributed by atoms with E-state index in [1.165, 1.54) is 36.2 Å². The number of aliphatic hydroxyl groups excluding tert-OH is 1. The lowest BCUT2D eigenvalue weighted by Gasteiger charge is -2.14. The van der Waals surface area contributed by atoms with Crippen molar-refractivity contribution in [3.05, 3.63) is 34.4 Å². The first-order valence-corrected chi connectivity index (χ1v) is 4.83. The molecule has 0 bridgehead atoms. The number of aliphatic hydroxyl groups is 1. The number of carbonyl (C=O) groups is 1. The average molecular weight is 240 g/mol. The first-order chi connectivity index (χ1) is 8.04. The summed E-state index contributed by atoms with van der Waals surface area (Å²) < 4.78 is 4.92. The summed E-state index contributed by atoms with van der Waals surface area (Å²) in [6.45, 7) is -0.00231. The van der Waals surface area contributed by atoms with Crippen LogP contribution in [0.15, 0.2) is 24.3 Å². The standard InChI is InChI=1S/C10H12N2O5/c1-11(6-7-13)10(14)17-9-4-2-8(3-5-9)12(15)16/h2-5,13H,6-7H2,1H3. The molecule has 0 radical (unpaired) electrons. The molecule has 1 rings (SSSR count). The number of nitro groups is 1. The zero-order valence-electron chi connectivity index (χ0n) is 9.20. The maximum atomic E-state index is 11.4. The molecule has 0 saturated heterocycles. The van der Waals surface area contributed by atoms with Gasteiger partial charge in [-0.3, -0.25) is 10.1 Å². The van der Waals surface area contributed by atoms with Crippen LogP contribution in [0.2, 0.25) is 0 Å². The number of ether oxygens (including phenoxy) is 1. The minimum atomic E-state index is -0.632. The third-order valence-electron chi connectivity index (χ3n) is 2.00. The van der Waals surface area contributed by atoms with E-state index in [9.17, 15) is 14.9 Å². The Labute approximate surface area is 97.4 Å². The summed E-state index contributed by atoms with van der Waals surface area (Å²) in [5.41, 5.74) is -0.0755. The quantitative estimate of drug-likeness (QED) is 0.626. The van der Waals surface area contributed by atoms with Gasteiger partial charge in [0.05, 0.1) is 11.5 Å². The molecule has 0 aliphatic carbocycles. The van der Waals surface area contributed by atoms with Crippen LogP contribution in [0.4, 0.5) is 10.5 Å². The van der Waals surface area contributed by atoms with Gasteiger partial charge in [-0.15, -0.1) is 0 Å². The van der Waals surface area contributed by atoms with E-state index in [0.29, 0.717) is 0 Å². The number of benzene rings is 1. The number of nitro benzene ring substituents is 1. The molecule has 1 aromatic carbocycles. The highest BCUT2D eigenvalue weighted by atomic mass is 16.6. The summed E-state index contributed by atoms with van der Waals surface area (Å²) in [6, 6.07) is 5.16. The highest BCUT2D eigenvalue weighted by molar-refractivity contribution is 5.70. The molecule has 92 valence electrons. The lowest BCUT2D eigenvalue weighted by Crippen LogP contribution is -2.32. The molecule has 7 heteroatoms. The van der Waals surface area contributed by atoms with Gasteiger partial charge in [-0.2, -0.15) is 0 Å². The van der Waals surface area contributed by atoms with Gasteiger partial charge in [0, 0.05) is 25.7 Å². The maximum absolute atomic E-state index is 11.4. The number of carbonyl (C=O) groups excluding carboxylic acids is 1. The third-order valence-corrected chi connectivity index (χ3v) is 2.00. The molecule has 7 nitrogen and oxygen atoms in total. The van der Waals surface area contributed by atoms with E-state index in [0.717, 1.165) is 0 Å². The fraction of sp³-hybridized carbons (Fsp3) is 0.300. The Hall–Kier alpha value is -2.15. The molecule has 1 amide bonds. The lowest BCUT2D eigenvalue weighted by atomic mass is 10.3. The largest absolute Gasteiger partial charge is 0.415 e. The number of hydrogen-bond acceptors (Lipinski definition) is 5. The van der Waals surface area contributed by atoms with Gasteiger partial charge in [0.2, 0.25) is 0 Å². The highest BCUT2D eigenvalue weighted by Crippen LogP contribution is 2.17. The highest BCUT2D eigenvalue weighted by Gasteiger charge is 2.11. The first-order valence-electron chi connectivity index (χ1n) is 4.83. The SMILES string of the molecule is CN(CCO)C(=O)Oc1ccc([N+](=O)[O-])cc1. The van der Waals surface area contributed by atoms with Crippen LogP contribution in [0.1, 0.15) is 0 Å². The van der Waals surface area contributed by atoms with Crippen molar-refractivity contribution in [2.45, 2.75) is 0 Å². The molecule has 0 fully saturated rings. The van der Waals surface area contributed by atoms with Crippen LogP contribution in [-0.4, -0.2) is 41.2 Å². The molecule has 0 unspecified atom stereocenters. The smallest absolute Gasteiger partial charge is 0.410 e. The third kappa shape index (κ3) is 3.72. The van der Waals surface area contributed by atoms with Gasteiger partial charge in [0.1, 0.15) is 5.75 Å². The van der Waals surface area contributed by atoms with E-state index in [2.05, 4.69) is 0 Å². The van der Waals surface area contributed by atoms with E-state index in [1.54, 1.807) is 0 Å². The second kappa shape index (κ2) is 5.80. The minimum Gasteiger partial charge on any atom is -0.410 e. The van der Waals surface area contributed by atoms with E-state index in [1.807, 2.05) is 0 Å². The van der Waals surface area contributed by atoms with Gasteiger partial charge in [-0.25, -0.2) is 4.79 Å². The molecule has 0 saturated carbocycles. The summed E-state index contributed by atoms with van der Waals surface area (Å²) >= 11 is 0. The van der Waals surface area contributed by atoms with Crippen LogP contribution >= 0.6 is 0 Å².